The first-order valence-corrected chi connectivity index (χ1v) is 20.1. The SMILES string of the molecule is CNC(=O)COc1cc2cc(Nc3nc(N4CCC[C@H](COc5cccc6c5C(O)N(C5CCC(=O)NC5=O)C6=O)C4)ncc3Cl)ccc2n(C2CCCCC2)c1=O. The fourth-order valence-corrected chi connectivity index (χ4v) is 8.65. The molecule has 304 valence electrons. The number of nitrogens with zero attached hydrogens (tertiary/aromatic N) is 5. The van der Waals surface area contributed by atoms with E-state index in [-0.39, 0.29) is 54.2 Å². The average Bonchev–Trinajstić information content (AvgIpc) is 3.49. The number of benzene rings is 2. The van der Waals surface area contributed by atoms with Gasteiger partial charge < -0.3 is 34.7 Å². The van der Waals surface area contributed by atoms with Crippen LogP contribution in [0.5, 0.6) is 11.5 Å². The van der Waals surface area contributed by atoms with Crippen LogP contribution >= 0.6 is 11.6 Å². The first-order valence-electron chi connectivity index (χ1n) is 19.8. The highest BCUT2D eigenvalue weighted by Gasteiger charge is 2.46. The van der Waals surface area contributed by atoms with Gasteiger partial charge in [0.1, 0.15) is 16.8 Å². The Morgan fingerprint density at radius 2 is 1.83 bits per heavy atom. The minimum absolute atomic E-state index is 0.0309. The van der Waals surface area contributed by atoms with Crippen molar-refractivity contribution in [2.24, 2.45) is 5.92 Å². The van der Waals surface area contributed by atoms with Gasteiger partial charge in [0, 0.05) is 49.6 Å². The summed E-state index contributed by atoms with van der Waals surface area (Å²) < 4.78 is 13.8. The molecule has 58 heavy (non-hydrogen) atoms. The van der Waals surface area contributed by atoms with Crippen molar-refractivity contribution < 1.29 is 33.8 Å². The molecule has 5 heterocycles. The maximum Gasteiger partial charge on any atom is 0.293 e. The normalized spacial score (nSPS) is 21.2. The highest BCUT2D eigenvalue weighted by molar-refractivity contribution is 6.33. The van der Waals surface area contributed by atoms with Gasteiger partial charge in [-0.3, -0.25) is 34.2 Å². The van der Waals surface area contributed by atoms with Gasteiger partial charge in [0.2, 0.25) is 17.8 Å². The van der Waals surface area contributed by atoms with Gasteiger partial charge >= 0.3 is 0 Å². The quantitative estimate of drug-likeness (QED) is 0.156. The van der Waals surface area contributed by atoms with E-state index in [0.29, 0.717) is 53.5 Å². The number of nitrogens with one attached hydrogen (secondary N) is 3. The molecule has 3 atom stereocenters. The fourth-order valence-electron chi connectivity index (χ4n) is 8.52. The highest BCUT2D eigenvalue weighted by Crippen LogP contribution is 2.41. The number of piperidine rings is 2. The molecule has 17 heteroatoms. The number of hydrogen-bond donors (Lipinski definition) is 4. The molecular formula is C41H45ClN8O8. The minimum atomic E-state index is -1.40. The Morgan fingerprint density at radius 3 is 2.62 bits per heavy atom. The van der Waals surface area contributed by atoms with Crippen LogP contribution in [0.3, 0.4) is 0 Å². The molecule has 4 aliphatic rings. The van der Waals surface area contributed by atoms with Crippen molar-refractivity contribution in [3.05, 3.63) is 75.2 Å². The van der Waals surface area contributed by atoms with Gasteiger partial charge in [0.25, 0.3) is 17.4 Å². The summed E-state index contributed by atoms with van der Waals surface area (Å²) in [6.07, 6.45) is 7.06. The summed E-state index contributed by atoms with van der Waals surface area (Å²) in [5.74, 6) is -0.429. The first-order chi connectivity index (χ1) is 28.1. The lowest BCUT2D eigenvalue weighted by Crippen LogP contribution is -2.53. The Kier molecular flexibility index (Phi) is 11.2. The summed E-state index contributed by atoms with van der Waals surface area (Å²) in [6, 6.07) is 11.4. The predicted molar refractivity (Wildman–Crippen MR) is 214 cm³/mol. The van der Waals surface area contributed by atoms with Gasteiger partial charge in [-0.1, -0.05) is 36.9 Å². The number of imide groups is 1. The second-order valence-corrected chi connectivity index (χ2v) is 15.6. The van der Waals surface area contributed by atoms with Crippen LogP contribution < -0.4 is 35.9 Å². The molecule has 1 aliphatic carbocycles. The van der Waals surface area contributed by atoms with Crippen molar-refractivity contribution in [2.75, 3.05) is 43.6 Å². The summed E-state index contributed by atoms with van der Waals surface area (Å²) in [4.78, 5) is 75.9. The van der Waals surface area contributed by atoms with E-state index in [1.54, 1.807) is 30.5 Å². The maximum absolute atomic E-state index is 13.7. The Balaban J connectivity index is 0.972. The Hall–Kier alpha value is -5.74. The number of carbonyl (C=O) groups excluding carboxylic acids is 4. The molecular weight excluding hydrogens is 768 g/mol. The number of fused-ring (bicyclic) bond motifs is 2. The van der Waals surface area contributed by atoms with Gasteiger partial charge in [-0.25, -0.2) is 4.98 Å². The van der Waals surface area contributed by atoms with Crippen molar-refractivity contribution in [2.45, 2.75) is 76.1 Å². The van der Waals surface area contributed by atoms with Crippen molar-refractivity contribution >= 4 is 63.6 Å². The highest BCUT2D eigenvalue weighted by atomic mass is 35.5. The standard InChI is InChI=1S/C41H45ClN8O8/c1-43-34(52)22-58-32-18-24-17-25(12-13-29(24)49(39(32)55)26-8-3-2-4-9-26)45-36-28(42)19-44-41(47-36)48-16-6-7-23(20-48)21-57-31-11-5-10-27-35(31)40(56)50(38(27)54)30-14-15-33(51)46-37(30)53/h5,10-13,17-19,23,26,30,40,56H,2-4,6-9,14-16,20-22H2,1H3,(H,43,52)(H,44,45,47)(H,46,51,53)/t23-,30?,40?/m0/s1. The second-order valence-electron chi connectivity index (χ2n) is 15.2. The lowest BCUT2D eigenvalue weighted by molar-refractivity contribution is -0.139. The number of carbonyl (C=O) groups is 4. The predicted octanol–water partition coefficient (Wildman–Crippen LogP) is 4.37. The van der Waals surface area contributed by atoms with Gasteiger partial charge in [0.05, 0.1) is 29.4 Å². The van der Waals surface area contributed by atoms with Crippen LogP contribution in [0.1, 0.15) is 86.0 Å². The lowest BCUT2D eigenvalue weighted by atomic mass is 9.94. The van der Waals surface area contributed by atoms with Crippen LogP contribution in [0.15, 0.2) is 53.5 Å². The van der Waals surface area contributed by atoms with E-state index < -0.39 is 30.0 Å². The number of aliphatic hydroxyl groups excluding tert-OH is 1. The molecule has 16 nitrogen and oxygen atoms in total. The third kappa shape index (κ3) is 7.77. The number of hydrogen-bond acceptors (Lipinski definition) is 12. The molecule has 1 saturated carbocycles. The molecule has 4 amide bonds. The first kappa shape index (κ1) is 39.1. The summed E-state index contributed by atoms with van der Waals surface area (Å²) in [5.41, 5.74) is 1.77. The molecule has 0 spiro atoms. The molecule has 2 aromatic carbocycles. The van der Waals surface area contributed by atoms with Crippen molar-refractivity contribution in [3.8, 4) is 11.5 Å². The molecule has 0 bridgehead atoms. The van der Waals surface area contributed by atoms with Crippen molar-refractivity contribution in [1.29, 1.82) is 0 Å². The third-order valence-corrected chi connectivity index (χ3v) is 11.7. The molecule has 2 unspecified atom stereocenters. The van der Waals surface area contributed by atoms with Crippen LogP contribution in [-0.2, 0) is 14.4 Å². The summed E-state index contributed by atoms with van der Waals surface area (Å²) in [6.45, 7) is 1.31. The number of aromatic nitrogens is 3. The number of amides is 4. The van der Waals surface area contributed by atoms with E-state index in [2.05, 4.69) is 25.8 Å². The van der Waals surface area contributed by atoms with E-state index in [1.807, 2.05) is 22.8 Å². The Bertz CT molecular complexity index is 2330. The largest absolute Gasteiger partial charge is 0.493 e. The number of ether oxygens (including phenoxy) is 2. The van der Waals surface area contributed by atoms with Crippen LogP contribution in [-0.4, -0.2) is 87.6 Å². The van der Waals surface area contributed by atoms with E-state index in [1.165, 1.54) is 7.05 Å². The average molecular weight is 813 g/mol. The number of aliphatic hydroxyl groups is 1. The molecule has 4 N–H and O–H groups in total. The molecule has 2 aromatic heterocycles. The Labute approximate surface area is 338 Å². The van der Waals surface area contributed by atoms with Crippen molar-refractivity contribution in [1.82, 2.24) is 30.1 Å². The molecule has 8 rings (SSSR count). The van der Waals surface area contributed by atoms with E-state index >= 15 is 0 Å². The van der Waals surface area contributed by atoms with E-state index in [0.717, 1.165) is 60.7 Å². The number of pyridine rings is 1. The van der Waals surface area contributed by atoms with E-state index in [4.69, 9.17) is 26.1 Å². The molecule has 3 aliphatic heterocycles. The number of rotatable bonds is 11. The zero-order valence-electron chi connectivity index (χ0n) is 32.0. The van der Waals surface area contributed by atoms with Crippen LogP contribution in [0.25, 0.3) is 10.9 Å². The fraction of sp³-hybridized carbons (Fsp3) is 0.439. The number of anilines is 3. The number of halogens is 1. The maximum atomic E-state index is 13.7. The second kappa shape index (κ2) is 16.6. The third-order valence-electron chi connectivity index (χ3n) is 11.4. The van der Waals surface area contributed by atoms with Gasteiger partial charge in [-0.05, 0) is 68.5 Å². The van der Waals surface area contributed by atoms with Gasteiger partial charge in [-0.2, -0.15) is 4.98 Å². The van der Waals surface area contributed by atoms with Crippen LogP contribution in [0.2, 0.25) is 5.02 Å². The van der Waals surface area contributed by atoms with Crippen molar-refractivity contribution in [3.63, 3.8) is 0 Å². The van der Waals surface area contributed by atoms with Crippen LogP contribution in [0, 0.1) is 5.92 Å². The zero-order chi connectivity index (χ0) is 40.5. The molecule has 2 saturated heterocycles. The smallest absolute Gasteiger partial charge is 0.293 e. The Morgan fingerprint density at radius 1 is 1.00 bits per heavy atom. The van der Waals surface area contributed by atoms with E-state index in [9.17, 15) is 29.1 Å². The molecule has 0 radical (unpaired) electrons. The zero-order valence-corrected chi connectivity index (χ0v) is 32.8. The number of likely N-dealkylation sites (N-methyl/N-ethyl adjacent to an activating group) is 1. The summed E-state index contributed by atoms with van der Waals surface area (Å²) in [7, 11) is 1.52. The molecule has 3 fully saturated rings. The molecule has 4 aromatic rings. The van der Waals surface area contributed by atoms with Crippen LogP contribution in [0.4, 0.5) is 17.5 Å². The topological polar surface area (TPSA) is 197 Å². The van der Waals surface area contributed by atoms with Gasteiger partial charge in [0.15, 0.2) is 24.4 Å². The monoisotopic (exact) mass is 812 g/mol. The van der Waals surface area contributed by atoms with Gasteiger partial charge in [-0.15, -0.1) is 0 Å². The summed E-state index contributed by atoms with van der Waals surface area (Å²) in [5, 5.41) is 20.5. The minimum Gasteiger partial charge on any atom is -0.493 e. The summed E-state index contributed by atoms with van der Waals surface area (Å²) >= 11 is 6.64. The lowest BCUT2D eigenvalue weighted by Gasteiger charge is -2.33.